The highest BCUT2D eigenvalue weighted by atomic mass is 16.5. The molecule has 1 amide bonds. The van der Waals surface area contributed by atoms with E-state index in [1.807, 2.05) is 6.07 Å². The van der Waals surface area contributed by atoms with Gasteiger partial charge in [-0.15, -0.1) is 0 Å². The molecule has 0 radical (unpaired) electrons. The van der Waals surface area contributed by atoms with Gasteiger partial charge in [0.2, 0.25) is 11.7 Å². The Morgan fingerprint density at radius 2 is 1.52 bits per heavy atom. The fourth-order valence-corrected chi connectivity index (χ4v) is 2.61. The molecule has 2 aromatic rings. The number of amides is 1. The normalized spacial score (nSPS) is 11.5. The minimum atomic E-state index is -0.701. The van der Waals surface area contributed by atoms with E-state index in [0.717, 1.165) is 0 Å². The molecule has 1 unspecified atom stereocenters. The van der Waals surface area contributed by atoms with Crippen LogP contribution in [-0.4, -0.2) is 33.0 Å². The molecule has 132 valence electrons. The number of carbonyl (C=O) groups excluding carboxylic acids is 2. The largest absolute Gasteiger partial charge is 0.493 e. The molecule has 0 aliphatic carbocycles. The van der Waals surface area contributed by atoms with Crippen LogP contribution in [0.2, 0.25) is 0 Å². The lowest BCUT2D eigenvalue weighted by molar-refractivity contribution is -0.119. The van der Waals surface area contributed by atoms with Gasteiger partial charge in [0.15, 0.2) is 17.3 Å². The summed E-state index contributed by atoms with van der Waals surface area (Å²) >= 11 is 0. The topological polar surface area (TPSA) is 87.9 Å². The maximum Gasteiger partial charge on any atom is 0.225 e. The van der Waals surface area contributed by atoms with Crippen LogP contribution in [0.3, 0.4) is 0 Å². The Bertz CT molecular complexity index is 733. The van der Waals surface area contributed by atoms with Crippen LogP contribution in [0.25, 0.3) is 0 Å². The van der Waals surface area contributed by atoms with Crippen molar-refractivity contribution in [3.05, 3.63) is 53.6 Å². The van der Waals surface area contributed by atoms with E-state index >= 15 is 0 Å². The minimum absolute atomic E-state index is 0.0437. The highest BCUT2D eigenvalue weighted by molar-refractivity contribution is 6.00. The van der Waals surface area contributed by atoms with Gasteiger partial charge in [-0.05, 0) is 17.7 Å². The van der Waals surface area contributed by atoms with Gasteiger partial charge in [-0.2, -0.15) is 0 Å². The molecule has 0 aliphatic heterocycles. The smallest absolute Gasteiger partial charge is 0.225 e. The minimum Gasteiger partial charge on any atom is -0.493 e. The Hall–Kier alpha value is -3.02. The fraction of sp³-hybridized carbons (Fsp3) is 0.263. The number of benzene rings is 2. The molecular weight excluding hydrogens is 322 g/mol. The summed E-state index contributed by atoms with van der Waals surface area (Å²) in [5, 5.41) is 0. The van der Waals surface area contributed by atoms with Crippen molar-refractivity contribution >= 4 is 11.7 Å². The third kappa shape index (κ3) is 4.09. The van der Waals surface area contributed by atoms with Crippen LogP contribution in [0.5, 0.6) is 17.2 Å². The maximum absolute atomic E-state index is 12.7. The van der Waals surface area contributed by atoms with Gasteiger partial charge in [-0.3, -0.25) is 9.59 Å². The summed E-state index contributed by atoms with van der Waals surface area (Å²) in [5.74, 6) is -0.344. The van der Waals surface area contributed by atoms with Gasteiger partial charge in [0.05, 0.1) is 27.2 Å². The van der Waals surface area contributed by atoms with Crippen LogP contribution in [-0.2, 0) is 4.79 Å². The van der Waals surface area contributed by atoms with Gasteiger partial charge in [0, 0.05) is 12.0 Å². The lowest BCUT2D eigenvalue weighted by Crippen LogP contribution is -2.24. The van der Waals surface area contributed by atoms with Crippen molar-refractivity contribution < 1.29 is 23.8 Å². The Kier molecular flexibility index (Phi) is 6.00. The SMILES string of the molecule is COc1cc(C(=O)CC(C(N)=O)c2ccccc2)cc(OC)c1OC. The summed E-state index contributed by atoms with van der Waals surface area (Å²) < 4.78 is 15.8. The molecule has 0 aliphatic rings. The highest BCUT2D eigenvalue weighted by Gasteiger charge is 2.24. The van der Waals surface area contributed by atoms with Gasteiger partial charge >= 0.3 is 0 Å². The quantitative estimate of drug-likeness (QED) is 0.744. The molecule has 0 saturated heterocycles. The van der Waals surface area contributed by atoms with Crippen molar-refractivity contribution in [3.8, 4) is 17.2 Å². The summed E-state index contributed by atoms with van der Waals surface area (Å²) in [5.41, 5.74) is 6.55. The summed E-state index contributed by atoms with van der Waals surface area (Å²) in [7, 11) is 4.43. The van der Waals surface area contributed by atoms with Gasteiger partial charge < -0.3 is 19.9 Å². The van der Waals surface area contributed by atoms with E-state index in [-0.39, 0.29) is 12.2 Å². The number of ether oxygens (including phenoxy) is 3. The average Bonchev–Trinajstić information content (AvgIpc) is 2.64. The van der Waals surface area contributed by atoms with Crippen LogP contribution in [0.15, 0.2) is 42.5 Å². The van der Waals surface area contributed by atoms with Crippen molar-refractivity contribution in [2.24, 2.45) is 5.73 Å². The van der Waals surface area contributed by atoms with Crippen LogP contribution in [0.4, 0.5) is 0 Å². The zero-order valence-corrected chi connectivity index (χ0v) is 14.4. The molecule has 1 atom stereocenters. The van der Waals surface area contributed by atoms with Crippen LogP contribution in [0, 0.1) is 0 Å². The first-order valence-electron chi connectivity index (χ1n) is 7.69. The van der Waals surface area contributed by atoms with Gasteiger partial charge in [0.25, 0.3) is 0 Å². The monoisotopic (exact) mass is 343 g/mol. The number of primary amides is 1. The number of Topliss-reactive ketones (excluding diaryl/α,β-unsaturated/α-hetero) is 1. The third-order valence-electron chi connectivity index (χ3n) is 3.92. The summed E-state index contributed by atoms with van der Waals surface area (Å²) in [6.07, 6.45) is -0.0437. The van der Waals surface area contributed by atoms with Crippen LogP contribution < -0.4 is 19.9 Å². The number of nitrogens with two attached hydrogens (primary N) is 1. The number of rotatable bonds is 8. The molecule has 0 spiro atoms. The molecule has 0 fully saturated rings. The molecule has 6 heteroatoms. The van der Waals surface area contributed by atoms with Crippen molar-refractivity contribution in [1.29, 1.82) is 0 Å². The van der Waals surface area contributed by atoms with Gasteiger partial charge in [0.1, 0.15) is 0 Å². The van der Waals surface area contributed by atoms with E-state index in [2.05, 4.69) is 0 Å². The summed E-state index contributed by atoms with van der Waals surface area (Å²) in [6, 6.07) is 12.1. The Morgan fingerprint density at radius 1 is 0.960 bits per heavy atom. The predicted octanol–water partition coefficient (Wildman–Crippen LogP) is 2.55. The Morgan fingerprint density at radius 3 is 1.96 bits per heavy atom. The van der Waals surface area contributed by atoms with E-state index in [0.29, 0.717) is 28.4 Å². The Balaban J connectivity index is 2.35. The molecule has 25 heavy (non-hydrogen) atoms. The van der Waals surface area contributed by atoms with Crippen LogP contribution in [0.1, 0.15) is 28.3 Å². The number of hydrogen-bond donors (Lipinski definition) is 1. The lowest BCUT2D eigenvalue weighted by atomic mass is 9.91. The fourth-order valence-electron chi connectivity index (χ4n) is 2.61. The zero-order chi connectivity index (χ0) is 18.4. The molecule has 6 nitrogen and oxygen atoms in total. The summed E-state index contributed by atoms with van der Waals surface area (Å²) in [4.78, 5) is 24.5. The second-order valence-electron chi connectivity index (χ2n) is 5.41. The zero-order valence-electron chi connectivity index (χ0n) is 14.4. The molecule has 2 rings (SSSR count). The van der Waals surface area contributed by atoms with Gasteiger partial charge in [-0.25, -0.2) is 0 Å². The van der Waals surface area contributed by atoms with Crippen molar-refractivity contribution in [3.63, 3.8) is 0 Å². The van der Waals surface area contributed by atoms with Crippen molar-refractivity contribution in [2.45, 2.75) is 12.3 Å². The van der Waals surface area contributed by atoms with E-state index < -0.39 is 11.8 Å². The molecule has 2 N–H and O–H groups in total. The maximum atomic E-state index is 12.7. The van der Waals surface area contributed by atoms with Crippen LogP contribution >= 0.6 is 0 Å². The number of ketones is 1. The first-order valence-corrected chi connectivity index (χ1v) is 7.69. The molecule has 0 saturated carbocycles. The third-order valence-corrected chi connectivity index (χ3v) is 3.92. The second-order valence-corrected chi connectivity index (χ2v) is 5.41. The van der Waals surface area contributed by atoms with E-state index in [9.17, 15) is 9.59 Å². The number of methoxy groups -OCH3 is 3. The summed E-state index contributed by atoms with van der Waals surface area (Å²) in [6.45, 7) is 0. The van der Waals surface area contributed by atoms with E-state index in [1.165, 1.54) is 21.3 Å². The van der Waals surface area contributed by atoms with Crippen molar-refractivity contribution in [2.75, 3.05) is 21.3 Å². The molecule has 2 aromatic carbocycles. The van der Waals surface area contributed by atoms with Crippen molar-refractivity contribution in [1.82, 2.24) is 0 Å². The molecular formula is C19H21NO5. The van der Waals surface area contributed by atoms with Gasteiger partial charge in [-0.1, -0.05) is 30.3 Å². The molecule has 0 heterocycles. The first kappa shape index (κ1) is 18.3. The predicted molar refractivity (Wildman–Crippen MR) is 93.4 cm³/mol. The first-order chi connectivity index (χ1) is 12.0. The molecule has 0 bridgehead atoms. The van der Waals surface area contributed by atoms with E-state index in [1.54, 1.807) is 36.4 Å². The number of carbonyl (C=O) groups is 2. The average molecular weight is 343 g/mol. The second kappa shape index (κ2) is 8.19. The number of hydrogen-bond acceptors (Lipinski definition) is 5. The highest BCUT2D eigenvalue weighted by Crippen LogP contribution is 2.38. The Labute approximate surface area is 146 Å². The molecule has 0 aromatic heterocycles. The lowest BCUT2D eigenvalue weighted by Gasteiger charge is -2.16. The standard InChI is InChI=1S/C19H21NO5/c1-23-16-9-13(10-17(24-2)18(16)25-3)15(21)11-14(19(20)22)12-7-5-4-6-8-12/h4-10,14H,11H2,1-3H3,(H2,20,22). The van der Waals surface area contributed by atoms with E-state index in [4.69, 9.17) is 19.9 Å².